The summed E-state index contributed by atoms with van der Waals surface area (Å²) in [6.07, 6.45) is 1.34. The quantitative estimate of drug-likeness (QED) is 0.913. The zero-order valence-corrected chi connectivity index (χ0v) is 11.1. The Morgan fingerprint density at radius 3 is 2.85 bits per heavy atom. The van der Waals surface area contributed by atoms with Gasteiger partial charge in [-0.25, -0.2) is 0 Å². The Hall–Kier alpha value is -1.88. The molecule has 5 heteroatoms. The molecule has 0 bridgehead atoms. The van der Waals surface area contributed by atoms with Crippen molar-refractivity contribution in [3.8, 4) is 0 Å². The maximum atomic E-state index is 12.5. The van der Waals surface area contributed by atoms with Gasteiger partial charge in [0.25, 0.3) is 5.91 Å². The van der Waals surface area contributed by atoms with Crippen molar-refractivity contribution in [1.29, 1.82) is 0 Å². The Kier molecular flexibility index (Phi) is 3.44. The topological polar surface area (TPSA) is 66.8 Å². The van der Waals surface area contributed by atoms with E-state index in [1.54, 1.807) is 4.90 Å². The van der Waals surface area contributed by atoms with Crippen molar-refractivity contribution in [2.75, 3.05) is 18.1 Å². The van der Waals surface area contributed by atoms with Crippen molar-refractivity contribution in [3.05, 3.63) is 29.8 Å². The molecule has 0 radical (unpaired) electrons. The van der Waals surface area contributed by atoms with Crippen LogP contribution < -0.4 is 4.90 Å². The molecule has 1 amide bonds. The largest absolute Gasteiger partial charge is 0.481 e. The van der Waals surface area contributed by atoms with E-state index in [-0.39, 0.29) is 24.3 Å². The van der Waals surface area contributed by atoms with Gasteiger partial charge in [0.15, 0.2) is 0 Å². The van der Waals surface area contributed by atoms with Crippen LogP contribution in [0.3, 0.4) is 0 Å². The van der Waals surface area contributed by atoms with Gasteiger partial charge in [0.05, 0.1) is 6.42 Å². The van der Waals surface area contributed by atoms with E-state index in [1.807, 2.05) is 24.3 Å². The summed E-state index contributed by atoms with van der Waals surface area (Å²) < 4.78 is 5.45. The molecule has 1 aromatic carbocycles. The number of para-hydroxylation sites is 1. The molecule has 3 rings (SSSR count). The smallest absolute Gasteiger partial charge is 0.304 e. The Morgan fingerprint density at radius 1 is 1.35 bits per heavy atom. The zero-order valence-electron chi connectivity index (χ0n) is 11.1. The van der Waals surface area contributed by atoms with Crippen molar-refractivity contribution >= 4 is 17.6 Å². The van der Waals surface area contributed by atoms with Crippen molar-refractivity contribution < 1.29 is 19.4 Å². The predicted molar refractivity (Wildman–Crippen MR) is 72.8 cm³/mol. The number of hydrogen-bond acceptors (Lipinski definition) is 3. The fourth-order valence-corrected chi connectivity index (χ4v) is 3.04. The standard InChI is InChI=1S/C15H17NO4/c17-14(18)8-10-9-16(12-5-2-1-4-11(10)12)15(19)13-6-3-7-20-13/h1-2,4-5,10,13H,3,6-9H2,(H,17,18). The van der Waals surface area contributed by atoms with Crippen LogP contribution in [-0.4, -0.2) is 36.2 Å². The van der Waals surface area contributed by atoms with Crippen LogP contribution in [0, 0.1) is 0 Å². The second kappa shape index (κ2) is 5.25. The van der Waals surface area contributed by atoms with Crippen molar-refractivity contribution in [2.24, 2.45) is 0 Å². The molecule has 2 aliphatic heterocycles. The summed E-state index contributed by atoms with van der Waals surface area (Å²) in [5.41, 5.74) is 1.78. The summed E-state index contributed by atoms with van der Waals surface area (Å²) in [4.78, 5) is 25.2. The molecular weight excluding hydrogens is 258 g/mol. The minimum Gasteiger partial charge on any atom is -0.481 e. The first-order valence-electron chi connectivity index (χ1n) is 6.90. The predicted octanol–water partition coefficient (Wildman–Crippen LogP) is 1.77. The fourth-order valence-electron chi connectivity index (χ4n) is 3.04. The van der Waals surface area contributed by atoms with Crippen LogP contribution in [-0.2, 0) is 14.3 Å². The highest BCUT2D eigenvalue weighted by atomic mass is 16.5. The average molecular weight is 275 g/mol. The fraction of sp³-hybridized carbons (Fsp3) is 0.467. The van der Waals surface area contributed by atoms with Gasteiger partial charge in [0, 0.05) is 24.8 Å². The molecule has 2 heterocycles. The monoisotopic (exact) mass is 275 g/mol. The number of benzene rings is 1. The minimum absolute atomic E-state index is 0.0390. The highest BCUT2D eigenvalue weighted by molar-refractivity contribution is 5.99. The highest BCUT2D eigenvalue weighted by Gasteiger charge is 2.37. The van der Waals surface area contributed by atoms with Crippen LogP contribution in [0.4, 0.5) is 5.69 Å². The molecule has 0 aliphatic carbocycles. The van der Waals surface area contributed by atoms with E-state index in [2.05, 4.69) is 0 Å². The van der Waals surface area contributed by atoms with Crippen molar-refractivity contribution in [1.82, 2.24) is 0 Å². The van der Waals surface area contributed by atoms with Gasteiger partial charge in [0.1, 0.15) is 6.10 Å². The lowest BCUT2D eigenvalue weighted by Crippen LogP contribution is -2.38. The number of rotatable bonds is 3. The Balaban J connectivity index is 1.86. The molecule has 2 unspecified atom stereocenters. The van der Waals surface area contributed by atoms with E-state index in [0.717, 1.165) is 24.1 Å². The van der Waals surface area contributed by atoms with Crippen molar-refractivity contribution in [2.45, 2.75) is 31.3 Å². The average Bonchev–Trinajstić information content (AvgIpc) is 3.06. The van der Waals surface area contributed by atoms with Crippen LogP contribution in [0.2, 0.25) is 0 Å². The lowest BCUT2D eigenvalue weighted by molar-refractivity contribution is -0.137. The first-order valence-corrected chi connectivity index (χ1v) is 6.90. The zero-order chi connectivity index (χ0) is 14.1. The number of carbonyl (C=O) groups is 2. The van der Waals surface area contributed by atoms with Gasteiger partial charge in [-0.15, -0.1) is 0 Å². The van der Waals surface area contributed by atoms with E-state index in [1.165, 1.54) is 0 Å². The normalized spacial score (nSPS) is 24.7. The number of carbonyl (C=O) groups excluding carboxylic acids is 1. The summed E-state index contributed by atoms with van der Waals surface area (Å²) in [5.74, 6) is -1.01. The number of fused-ring (bicyclic) bond motifs is 1. The molecule has 1 saturated heterocycles. The van der Waals surface area contributed by atoms with Gasteiger partial charge in [-0.1, -0.05) is 18.2 Å². The number of nitrogens with zero attached hydrogens (tertiary/aromatic N) is 1. The third-order valence-corrected chi connectivity index (χ3v) is 3.96. The van der Waals surface area contributed by atoms with Crippen LogP contribution in [0.1, 0.15) is 30.7 Å². The van der Waals surface area contributed by atoms with Crippen LogP contribution >= 0.6 is 0 Å². The first-order chi connectivity index (χ1) is 9.66. The van der Waals surface area contributed by atoms with Crippen LogP contribution in [0.25, 0.3) is 0 Å². The molecule has 106 valence electrons. The number of carboxylic acids is 1. The summed E-state index contributed by atoms with van der Waals surface area (Å²) >= 11 is 0. The van der Waals surface area contributed by atoms with E-state index in [4.69, 9.17) is 9.84 Å². The number of amides is 1. The van der Waals surface area contributed by atoms with Gasteiger partial charge in [0.2, 0.25) is 0 Å². The third-order valence-electron chi connectivity index (χ3n) is 3.96. The Morgan fingerprint density at radius 2 is 2.15 bits per heavy atom. The van der Waals surface area contributed by atoms with Crippen LogP contribution in [0.15, 0.2) is 24.3 Å². The maximum absolute atomic E-state index is 12.5. The van der Waals surface area contributed by atoms with Gasteiger partial charge in [-0.2, -0.15) is 0 Å². The van der Waals surface area contributed by atoms with Gasteiger partial charge in [-0.05, 0) is 24.5 Å². The lowest BCUT2D eigenvalue weighted by Gasteiger charge is -2.21. The summed E-state index contributed by atoms with van der Waals surface area (Å²) in [7, 11) is 0. The number of hydrogen-bond donors (Lipinski definition) is 1. The number of carboxylic acid groups (broad SMARTS) is 1. The molecule has 1 aromatic rings. The Bertz CT molecular complexity index is 536. The second-order valence-corrected chi connectivity index (χ2v) is 5.30. The summed E-state index contributed by atoms with van der Waals surface area (Å²) in [5, 5.41) is 9.01. The van der Waals surface area contributed by atoms with Crippen LogP contribution in [0.5, 0.6) is 0 Å². The molecule has 5 nitrogen and oxygen atoms in total. The maximum Gasteiger partial charge on any atom is 0.304 e. The van der Waals surface area contributed by atoms with Gasteiger partial charge in [-0.3, -0.25) is 9.59 Å². The number of ether oxygens (including phenoxy) is 1. The minimum atomic E-state index is -0.837. The summed E-state index contributed by atoms with van der Waals surface area (Å²) in [6.45, 7) is 1.06. The molecule has 1 N–H and O–H groups in total. The molecule has 2 aliphatic rings. The molecule has 0 saturated carbocycles. The molecule has 0 spiro atoms. The SMILES string of the molecule is O=C(O)CC1CN(C(=O)C2CCCO2)c2ccccc21. The molecular formula is C15H17NO4. The lowest BCUT2D eigenvalue weighted by atomic mass is 9.98. The van der Waals surface area contributed by atoms with Gasteiger partial charge < -0.3 is 14.7 Å². The van der Waals surface area contributed by atoms with E-state index in [9.17, 15) is 9.59 Å². The summed E-state index contributed by atoms with van der Waals surface area (Å²) in [6, 6.07) is 7.54. The van der Waals surface area contributed by atoms with Gasteiger partial charge >= 0.3 is 5.97 Å². The highest BCUT2D eigenvalue weighted by Crippen LogP contribution is 2.38. The molecule has 1 fully saturated rings. The van der Waals surface area contributed by atoms with E-state index in [0.29, 0.717) is 13.2 Å². The first kappa shape index (κ1) is 13.1. The van der Waals surface area contributed by atoms with E-state index < -0.39 is 5.97 Å². The second-order valence-electron chi connectivity index (χ2n) is 5.30. The molecule has 2 atom stereocenters. The third kappa shape index (κ3) is 2.29. The van der Waals surface area contributed by atoms with E-state index >= 15 is 0 Å². The van der Waals surface area contributed by atoms with Crippen molar-refractivity contribution in [3.63, 3.8) is 0 Å². The molecule has 20 heavy (non-hydrogen) atoms. The Labute approximate surface area is 117 Å². The number of aliphatic carboxylic acids is 1. The molecule has 0 aromatic heterocycles. The number of anilines is 1.